The van der Waals surface area contributed by atoms with Crippen molar-refractivity contribution >= 4 is 11.5 Å². The number of halogens is 1. The number of methoxy groups -OCH3 is 1. The number of rotatable bonds is 4. The van der Waals surface area contributed by atoms with Gasteiger partial charge in [0.2, 0.25) is 0 Å². The summed E-state index contributed by atoms with van der Waals surface area (Å²) in [6.45, 7) is 1.31. The summed E-state index contributed by atoms with van der Waals surface area (Å²) in [5.74, 6) is -1.17. The van der Waals surface area contributed by atoms with Crippen LogP contribution >= 0.6 is 0 Å². The van der Waals surface area contributed by atoms with E-state index < -0.39 is 16.4 Å². The predicted molar refractivity (Wildman–Crippen MR) is 54.0 cm³/mol. The smallest absolute Gasteiger partial charge is 0.276 e. The fraction of sp³-hybridized carbons (Fsp3) is 0.300. The lowest BCUT2D eigenvalue weighted by Crippen LogP contribution is -2.03. The fourth-order valence-electron chi connectivity index (χ4n) is 1.32. The number of benzene rings is 1. The zero-order valence-corrected chi connectivity index (χ0v) is 8.82. The molecule has 0 aliphatic rings. The van der Waals surface area contributed by atoms with E-state index in [-0.39, 0.29) is 23.5 Å². The molecule has 1 rings (SSSR count). The van der Waals surface area contributed by atoms with Crippen molar-refractivity contribution in [2.75, 3.05) is 7.11 Å². The van der Waals surface area contributed by atoms with Gasteiger partial charge in [-0.15, -0.1) is 0 Å². The second kappa shape index (κ2) is 4.69. The van der Waals surface area contributed by atoms with Crippen LogP contribution in [0.1, 0.15) is 12.5 Å². The molecule has 1 aromatic rings. The van der Waals surface area contributed by atoms with Crippen molar-refractivity contribution in [1.29, 1.82) is 0 Å². The molecule has 0 amide bonds. The molecule has 0 atom stereocenters. The molecule has 0 saturated carbocycles. The summed E-state index contributed by atoms with van der Waals surface area (Å²) in [6.07, 6.45) is -0.118. The standard InChI is InChI=1S/C10H10FNO4/c1-6(13)3-7-4-10(16-2)8(11)5-9(7)12(14)15/h4-5H,3H2,1-2H3. The third-order valence-electron chi connectivity index (χ3n) is 1.99. The first kappa shape index (κ1) is 12.1. The number of Topliss-reactive ketones (excluding diaryl/α,β-unsaturated/α-hetero) is 1. The zero-order chi connectivity index (χ0) is 12.3. The minimum Gasteiger partial charge on any atom is -0.494 e. The predicted octanol–water partition coefficient (Wildman–Crippen LogP) is 1.87. The lowest BCUT2D eigenvalue weighted by atomic mass is 10.1. The van der Waals surface area contributed by atoms with Crippen LogP contribution in [0.3, 0.4) is 0 Å². The maximum absolute atomic E-state index is 13.2. The van der Waals surface area contributed by atoms with Crippen LogP contribution in [0.4, 0.5) is 10.1 Å². The molecule has 86 valence electrons. The molecule has 0 aromatic heterocycles. The molecule has 0 aliphatic heterocycles. The first-order valence-electron chi connectivity index (χ1n) is 4.46. The molecule has 0 unspecified atom stereocenters. The van der Waals surface area contributed by atoms with Crippen LogP contribution in [0.15, 0.2) is 12.1 Å². The summed E-state index contributed by atoms with van der Waals surface area (Å²) >= 11 is 0. The largest absolute Gasteiger partial charge is 0.494 e. The summed E-state index contributed by atoms with van der Waals surface area (Å²) < 4.78 is 17.9. The van der Waals surface area contributed by atoms with Crippen molar-refractivity contribution in [3.8, 4) is 5.75 Å². The van der Waals surface area contributed by atoms with Crippen LogP contribution in [0.2, 0.25) is 0 Å². The van der Waals surface area contributed by atoms with E-state index in [0.29, 0.717) is 0 Å². The van der Waals surface area contributed by atoms with Crippen molar-refractivity contribution in [2.24, 2.45) is 0 Å². The second-order valence-electron chi connectivity index (χ2n) is 3.25. The third kappa shape index (κ3) is 2.53. The average molecular weight is 227 g/mol. The van der Waals surface area contributed by atoms with E-state index in [9.17, 15) is 19.3 Å². The number of carbonyl (C=O) groups excluding carboxylic acids is 1. The highest BCUT2D eigenvalue weighted by molar-refractivity contribution is 5.79. The van der Waals surface area contributed by atoms with Crippen LogP contribution in [0.25, 0.3) is 0 Å². The second-order valence-corrected chi connectivity index (χ2v) is 3.25. The lowest BCUT2D eigenvalue weighted by molar-refractivity contribution is -0.385. The Morgan fingerprint density at radius 2 is 2.19 bits per heavy atom. The van der Waals surface area contributed by atoms with Gasteiger partial charge in [0.1, 0.15) is 5.78 Å². The van der Waals surface area contributed by atoms with Crippen molar-refractivity contribution < 1.29 is 18.8 Å². The number of hydrogen-bond donors (Lipinski definition) is 0. The van der Waals surface area contributed by atoms with Gasteiger partial charge >= 0.3 is 0 Å². The fourth-order valence-corrected chi connectivity index (χ4v) is 1.32. The number of nitro benzene ring substituents is 1. The summed E-state index contributed by atoms with van der Waals surface area (Å²) in [5.41, 5.74) is -0.260. The van der Waals surface area contributed by atoms with Gasteiger partial charge in [-0.1, -0.05) is 0 Å². The lowest BCUT2D eigenvalue weighted by Gasteiger charge is -2.05. The van der Waals surface area contributed by atoms with E-state index in [4.69, 9.17) is 4.74 Å². The van der Waals surface area contributed by atoms with Crippen LogP contribution in [-0.4, -0.2) is 17.8 Å². The Hall–Kier alpha value is -1.98. The SMILES string of the molecule is COc1cc(CC(C)=O)c([N+](=O)[O-])cc1F. The maximum Gasteiger partial charge on any atom is 0.276 e. The number of nitro groups is 1. The van der Waals surface area contributed by atoms with E-state index in [0.717, 1.165) is 6.07 Å². The molecule has 16 heavy (non-hydrogen) atoms. The number of nitrogens with zero attached hydrogens (tertiary/aromatic N) is 1. The zero-order valence-electron chi connectivity index (χ0n) is 8.82. The minimum absolute atomic E-state index is 0.109. The molecule has 6 heteroatoms. The summed E-state index contributed by atoms with van der Waals surface area (Å²) in [5, 5.41) is 10.6. The van der Waals surface area contributed by atoms with Crippen LogP contribution in [0, 0.1) is 15.9 Å². The third-order valence-corrected chi connectivity index (χ3v) is 1.99. The first-order chi connectivity index (χ1) is 7.45. The highest BCUT2D eigenvalue weighted by Crippen LogP contribution is 2.27. The van der Waals surface area contributed by atoms with Crippen LogP contribution in [-0.2, 0) is 11.2 Å². The molecule has 0 heterocycles. The topological polar surface area (TPSA) is 69.4 Å². The minimum atomic E-state index is -0.818. The van der Waals surface area contributed by atoms with Gasteiger partial charge in [0.15, 0.2) is 11.6 Å². The number of ether oxygens (including phenoxy) is 1. The normalized spacial score (nSPS) is 9.94. The van der Waals surface area contributed by atoms with Crippen LogP contribution < -0.4 is 4.74 Å². The molecule has 0 saturated heterocycles. The molecule has 1 aromatic carbocycles. The summed E-state index contributed by atoms with van der Waals surface area (Å²) in [6, 6.07) is 1.94. The van der Waals surface area contributed by atoms with Gasteiger partial charge in [0, 0.05) is 12.0 Å². The van der Waals surface area contributed by atoms with Crippen molar-refractivity contribution in [2.45, 2.75) is 13.3 Å². The first-order valence-corrected chi connectivity index (χ1v) is 4.46. The Morgan fingerprint density at radius 1 is 1.56 bits per heavy atom. The molecular weight excluding hydrogens is 217 g/mol. The van der Waals surface area contributed by atoms with E-state index in [1.807, 2.05) is 0 Å². The Morgan fingerprint density at radius 3 is 2.62 bits per heavy atom. The van der Waals surface area contributed by atoms with Crippen molar-refractivity contribution in [3.63, 3.8) is 0 Å². The molecule has 0 N–H and O–H groups in total. The van der Waals surface area contributed by atoms with Gasteiger partial charge in [0.25, 0.3) is 5.69 Å². The average Bonchev–Trinajstić information content (AvgIpc) is 2.19. The Balaban J connectivity index is 3.30. The van der Waals surface area contributed by atoms with Crippen LogP contribution in [0.5, 0.6) is 5.75 Å². The Kier molecular flexibility index (Phi) is 3.55. The van der Waals surface area contributed by atoms with Gasteiger partial charge in [0.05, 0.1) is 18.1 Å². The van der Waals surface area contributed by atoms with Gasteiger partial charge in [-0.05, 0) is 13.0 Å². The van der Waals surface area contributed by atoms with Gasteiger partial charge in [-0.25, -0.2) is 4.39 Å². The van der Waals surface area contributed by atoms with Gasteiger partial charge in [-0.2, -0.15) is 0 Å². The highest BCUT2D eigenvalue weighted by atomic mass is 19.1. The number of ketones is 1. The highest BCUT2D eigenvalue weighted by Gasteiger charge is 2.19. The molecule has 5 nitrogen and oxygen atoms in total. The maximum atomic E-state index is 13.2. The summed E-state index contributed by atoms with van der Waals surface area (Å²) in [7, 11) is 1.25. The van der Waals surface area contributed by atoms with Gasteiger partial charge in [-0.3, -0.25) is 14.9 Å². The molecule has 0 fully saturated rings. The monoisotopic (exact) mass is 227 g/mol. The van der Waals surface area contributed by atoms with E-state index in [1.54, 1.807) is 0 Å². The molecule has 0 radical (unpaired) electrons. The molecule has 0 aliphatic carbocycles. The summed E-state index contributed by atoms with van der Waals surface area (Å²) in [4.78, 5) is 20.8. The number of hydrogen-bond acceptors (Lipinski definition) is 4. The quantitative estimate of drug-likeness (QED) is 0.581. The molecule has 0 bridgehead atoms. The van der Waals surface area contributed by atoms with Crippen molar-refractivity contribution in [3.05, 3.63) is 33.6 Å². The molecule has 0 spiro atoms. The van der Waals surface area contributed by atoms with E-state index in [2.05, 4.69) is 0 Å². The Bertz CT molecular complexity index is 445. The van der Waals surface area contributed by atoms with E-state index >= 15 is 0 Å². The van der Waals surface area contributed by atoms with E-state index in [1.165, 1.54) is 20.1 Å². The molecular formula is C10H10FNO4. The number of carbonyl (C=O) groups is 1. The van der Waals surface area contributed by atoms with Gasteiger partial charge < -0.3 is 4.74 Å². The van der Waals surface area contributed by atoms with Crippen molar-refractivity contribution in [1.82, 2.24) is 0 Å². The Labute approximate surface area is 91.0 Å².